The number of para-hydroxylation sites is 1. The van der Waals surface area contributed by atoms with E-state index in [1.807, 2.05) is 17.0 Å². The SMILES string of the molecule is Cc1nc(Cl)cc(Nc2cnc(C(=O)N3CCN(C4=Nc5ccccc5Sc5ccccc54)CC3)s2)n1. The lowest BCUT2D eigenvalue weighted by Gasteiger charge is -2.36. The van der Waals surface area contributed by atoms with Crippen LogP contribution in [0.5, 0.6) is 0 Å². The largest absolute Gasteiger partial charge is 0.353 e. The van der Waals surface area contributed by atoms with Gasteiger partial charge in [-0.3, -0.25) is 4.79 Å². The van der Waals surface area contributed by atoms with Crippen molar-refractivity contribution in [2.75, 3.05) is 31.5 Å². The van der Waals surface area contributed by atoms with Crippen LogP contribution in [-0.2, 0) is 0 Å². The van der Waals surface area contributed by atoms with Crippen LogP contribution in [0.3, 0.4) is 0 Å². The Labute approximate surface area is 227 Å². The molecule has 2 aromatic carbocycles. The van der Waals surface area contributed by atoms with E-state index in [1.165, 1.54) is 16.2 Å². The summed E-state index contributed by atoms with van der Waals surface area (Å²) in [5, 5.41) is 4.68. The number of carbonyl (C=O) groups is 1. The Morgan fingerprint density at radius 1 is 1.00 bits per heavy atom. The van der Waals surface area contributed by atoms with Crippen LogP contribution in [0, 0.1) is 6.92 Å². The number of aromatic nitrogens is 3. The van der Waals surface area contributed by atoms with Crippen LogP contribution >= 0.6 is 34.7 Å². The molecule has 2 aromatic heterocycles. The third-order valence-corrected chi connectivity index (χ3v) is 8.29. The molecule has 0 bridgehead atoms. The molecule has 0 aliphatic carbocycles. The highest BCUT2D eigenvalue weighted by molar-refractivity contribution is 7.99. The van der Waals surface area contributed by atoms with Crippen LogP contribution in [0.2, 0.25) is 5.15 Å². The molecular weight excluding hydrogens is 526 g/mol. The van der Waals surface area contributed by atoms with Crippen LogP contribution < -0.4 is 5.32 Å². The molecule has 1 saturated heterocycles. The molecule has 2 aliphatic rings. The van der Waals surface area contributed by atoms with Gasteiger partial charge in [0.2, 0.25) is 0 Å². The first-order valence-corrected chi connectivity index (χ1v) is 13.8. The zero-order chi connectivity index (χ0) is 25.4. The molecule has 4 heterocycles. The first kappa shape index (κ1) is 23.9. The Morgan fingerprint density at radius 3 is 2.57 bits per heavy atom. The number of benzene rings is 2. The van der Waals surface area contributed by atoms with E-state index in [2.05, 4.69) is 61.6 Å². The molecule has 8 nitrogen and oxygen atoms in total. The topological polar surface area (TPSA) is 86.6 Å². The molecule has 1 fully saturated rings. The maximum absolute atomic E-state index is 13.2. The molecule has 0 spiro atoms. The molecule has 37 heavy (non-hydrogen) atoms. The summed E-state index contributed by atoms with van der Waals surface area (Å²) in [6.07, 6.45) is 1.64. The van der Waals surface area contributed by atoms with Crippen LogP contribution in [-0.4, -0.2) is 62.7 Å². The third kappa shape index (κ3) is 5.04. The van der Waals surface area contributed by atoms with Gasteiger partial charge >= 0.3 is 0 Å². The number of piperazine rings is 1. The van der Waals surface area contributed by atoms with Gasteiger partial charge in [-0.05, 0) is 25.1 Å². The van der Waals surface area contributed by atoms with Gasteiger partial charge in [-0.25, -0.2) is 19.9 Å². The van der Waals surface area contributed by atoms with Gasteiger partial charge in [-0.1, -0.05) is 65.0 Å². The first-order valence-electron chi connectivity index (χ1n) is 11.8. The fourth-order valence-electron chi connectivity index (χ4n) is 4.32. The minimum atomic E-state index is -0.0706. The maximum Gasteiger partial charge on any atom is 0.283 e. The monoisotopic (exact) mass is 547 g/mol. The van der Waals surface area contributed by atoms with E-state index in [1.54, 1.807) is 30.9 Å². The lowest BCUT2D eigenvalue weighted by Crippen LogP contribution is -2.50. The Hall–Kier alpha value is -3.47. The van der Waals surface area contributed by atoms with Crippen LogP contribution in [0.15, 0.2) is 75.6 Å². The summed E-state index contributed by atoms with van der Waals surface area (Å²) in [7, 11) is 0. The number of rotatable bonds is 3. The number of aliphatic imine (C=N–C) groups is 1. The summed E-state index contributed by atoms with van der Waals surface area (Å²) in [5.41, 5.74) is 2.10. The van der Waals surface area contributed by atoms with Gasteiger partial charge in [0.1, 0.15) is 27.6 Å². The molecule has 1 N–H and O–H groups in total. The summed E-state index contributed by atoms with van der Waals surface area (Å²) in [6, 6.07) is 18.2. The van der Waals surface area contributed by atoms with Gasteiger partial charge < -0.3 is 15.1 Å². The van der Waals surface area contributed by atoms with Crippen LogP contribution in [0.1, 0.15) is 21.2 Å². The Balaban J connectivity index is 1.16. The van der Waals surface area contributed by atoms with E-state index >= 15 is 0 Å². The number of hydrogen-bond donors (Lipinski definition) is 1. The lowest BCUT2D eigenvalue weighted by atomic mass is 10.1. The van der Waals surface area contributed by atoms with Crippen LogP contribution in [0.25, 0.3) is 0 Å². The molecule has 11 heteroatoms. The standard InChI is InChI=1S/C26H22ClN7OS2/c1-16-29-21(27)14-22(30-16)32-23-15-28-25(37-23)26(35)34-12-10-33(11-13-34)24-17-6-2-4-8-19(17)36-20-9-5-3-7-18(20)31-24/h2-9,14-15H,10-13H2,1H3,(H,29,30,32). The number of thiazole rings is 1. The Kier molecular flexibility index (Phi) is 6.54. The molecular formula is C26H22ClN7OS2. The number of anilines is 2. The number of nitrogens with zero attached hydrogens (tertiary/aromatic N) is 6. The minimum absolute atomic E-state index is 0.0706. The van der Waals surface area contributed by atoms with E-state index < -0.39 is 0 Å². The summed E-state index contributed by atoms with van der Waals surface area (Å²) in [4.78, 5) is 37.5. The zero-order valence-corrected chi connectivity index (χ0v) is 22.3. The van der Waals surface area contributed by atoms with Crippen molar-refractivity contribution in [3.05, 3.63) is 82.3 Å². The number of aryl methyl sites for hydroxylation is 1. The smallest absolute Gasteiger partial charge is 0.283 e. The van der Waals surface area contributed by atoms with Gasteiger partial charge in [0.05, 0.1) is 11.9 Å². The fraction of sp³-hybridized carbons (Fsp3) is 0.192. The van der Waals surface area contributed by atoms with Crippen molar-refractivity contribution in [2.45, 2.75) is 16.7 Å². The van der Waals surface area contributed by atoms with Crippen molar-refractivity contribution in [1.82, 2.24) is 24.8 Å². The molecule has 0 radical (unpaired) electrons. The molecule has 2 aliphatic heterocycles. The number of nitrogens with one attached hydrogen (secondary N) is 1. The van der Waals surface area contributed by atoms with Gasteiger partial charge in [0.25, 0.3) is 5.91 Å². The summed E-state index contributed by atoms with van der Waals surface area (Å²) < 4.78 is 0. The predicted octanol–water partition coefficient (Wildman–Crippen LogP) is 5.64. The van der Waals surface area contributed by atoms with E-state index in [0.717, 1.165) is 27.0 Å². The van der Waals surface area contributed by atoms with Gasteiger partial charge in [0.15, 0.2) is 5.01 Å². The van der Waals surface area contributed by atoms with Crippen molar-refractivity contribution in [3.63, 3.8) is 0 Å². The van der Waals surface area contributed by atoms with E-state index in [-0.39, 0.29) is 5.91 Å². The maximum atomic E-state index is 13.2. The average Bonchev–Trinajstić information content (AvgIpc) is 3.28. The molecule has 1 amide bonds. The number of halogens is 1. The second-order valence-electron chi connectivity index (χ2n) is 8.56. The lowest BCUT2D eigenvalue weighted by molar-refractivity contribution is 0.0691. The van der Waals surface area contributed by atoms with Crippen molar-refractivity contribution >= 4 is 62.9 Å². The number of carbonyl (C=O) groups excluding carboxylic acids is 1. The average molecular weight is 548 g/mol. The summed E-state index contributed by atoms with van der Waals surface area (Å²) in [6.45, 7) is 4.35. The molecule has 0 unspecified atom stereocenters. The molecule has 6 rings (SSSR count). The first-order chi connectivity index (χ1) is 18.0. The fourth-order valence-corrected chi connectivity index (χ4v) is 6.35. The summed E-state index contributed by atoms with van der Waals surface area (Å²) in [5.74, 6) is 2.02. The number of fused-ring (bicyclic) bond motifs is 2. The quantitative estimate of drug-likeness (QED) is 0.332. The van der Waals surface area contributed by atoms with Crippen molar-refractivity contribution in [1.29, 1.82) is 0 Å². The van der Waals surface area contributed by atoms with Gasteiger partial charge in [-0.15, -0.1) is 0 Å². The summed E-state index contributed by atoms with van der Waals surface area (Å²) >= 11 is 9.07. The van der Waals surface area contributed by atoms with Crippen LogP contribution in [0.4, 0.5) is 16.5 Å². The number of hydrogen-bond acceptors (Lipinski definition) is 9. The minimum Gasteiger partial charge on any atom is -0.353 e. The highest BCUT2D eigenvalue weighted by Crippen LogP contribution is 2.40. The van der Waals surface area contributed by atoms with Gasteiger partial charge in [0, 0.05) is 47.6 Å². The highest BCUT2D eigenvalue weighted by Gasteiger charge is 2.28. The van der Waals surface area contributed by atoms with Crippen molar-refractivity contribution in [3.8, 4) is 0 Å². The van der Waals surface area contributed by atoms with E-state index in [9.17, 15) is 4.79 Å². The Bertz CT molecular complexity index is 1490. The van der Waals surface area contributed by atoms with Crippen molar-refractivity contribution < 1.29 is 4.79 Å². The van der Waals surface area contributed by atoms with E-state index in [0.29, 0.717) is 48.0 Å². The molecule has 4 aromatic rings. The molecule has 0 atom stereocenters. The number of amidine groups is 1. The predicted molar refractivity (Wildman–Crippen MR) is 148 cm³/mol. The molecule has 186 valence electrons. The Morgan fingerprint density at radius 2 is 1.76 bits per heavy atom. The third-order valence-electron chi connectivity index (χ3n) is 6.05. The zero-order valence-electron chi connectivity index (χ0n) is 19.9. The number of amides is 1. The molecule has 0 saturated carbocycles. The normalized spacial score (nSPS) is 14.9. The second kappa shape index (κ2) is 10.1. The second-order valence-corrected chi connectivity index (χ2v) is 11.1. The van der Waals surface area contributed by atoms with Gasteiger partial charge in [-0.2, -0.15) is 0 Å². The van der Waals surface area contributed by atoms with Crippen molar-refractivity contribution in [2.24, 2.45) is 4.99 Å². The van der Waals surface area contributed by atoms with E-state index in [4.69, 9.17) is 16.6 Å². The highest BCUT2D eigenvalue weighted by atomic mass is 35.5.